The van der Waals surface area contributed by atoms with Crippen molar-refractivity contribution in [1.29, 1.82) is 0 Å². The van der Waals surface area contributed by atoms with Crippen molar-refractivity contribution in [3.63, 3.8) is 0 Å². The van der Waals surface area contributed by atoms with E-state index in [-0.39, 0.29) is 5.91 Å². The molecule has 1 aromatic heterocycles. The van der Waals surface area contributed by atoms with Gasteiger partial charge in [0.25, 0.3) is 0 Å². The number of hydrogen-bond acceptors (Lipinski definition) is 4. The zero-order valence-corrected chi connectivity index (χ0v) is 14.0. The maximum atomic E-state index is 12.1. The van der Waals surface area contributed by atoms with Gasteiger partial charge in [0, 0.05) is 17.7 Å². The van der Waals surface area contributed by atoms with Crippen LogP contribution in [0.4, 0.5) is 0 Å². The fourth-order valence-corrected chi connectivity index (χ4v) is 3.54. The largest absolute Gasteiger partial charge is 0.493 e. The lowest BCUT2D eigenvalue weighted by atomic mass is 10.0. The van der Waals surface area contributed by atoms with Crippen LogP contribution in [0.25, 0.3) is 0 Å². The minimum absolute atomic E-state index is 0.240. The van der Waals surface area contributed by atoms with Gasteiger partial charge in [-0.15, -0.1) is 11.3 Å². The fraction of sp³-hybridized carbons (Fsp3) is 0.333. The molecule has 5 nitrogen and oxygen atoms in total. The van der Waals surface area contributed by atoms with Gasteiger partial charge in [-0.25, -0.2) is 4.79 Å². The molecule has 0 aliphatic carbocycles. The Kier molecular flexibility index (Phi) is 5.15. The van der Waals surface area contributed by atoms with Gasteiger partial charge < -0.3 is 15.2 Å². The highest BCUT2D eigenvalue weighted by Crippen LogP contribution is 2.28. The van der Waals surface area contributed by atoms with Gasteiger partial charge in [0.15, 0.2) is 6.04 Å². The van der Waals surface area contributed by atoms with Crippen molar-refractivity contribution in [3.05, 3.63) is 51.7 Å². The molecule has 1 amide bonds. The number of ether oxygens (including phenoxy) is 1. The van der Waals surface area contributed by atoms with Crippen LogP contribution in [0.5, 0.6) is 5.75 Å². The molecule has 1 aliphatic rings. The van der Waals surface area contributed by atoms with Crippen LogP contribution in [0.3, 0.4) is 0 Å². The maximum Gasteiger partial charge on any atom is 0.330 e. The smallest absolute Gasteiger partial charge is 0.330 e. The van der Waals surface area contributed by atoms with Crippen LogP contribution in [0, 0.1) is 0 Å². The summed E-state index contributed by atoms with van der Waals surface area (Å²) < 4.78 is 5.43. The Hall–Kier alpha value is -2.34. The van der Waals surface area contributed by atoms with Crippen LogP contribution in [0.1, 0.15) is 34.9 Å². The molecule has 0 spiro atoms. The molecule has 1 aliphatic heterocycles. The monoisotopic (exact) mass is 345 g/mol. The first-order chi connectivity index (χ1) is 11.6. The number of aliphatic carboxylic acids is 1. The quantitative estimate of drug-likeness (QED) is 0.809. The number of fused-ring (bicyclic) bond motifs is 1. The van der Waals surface area contributed by atoms with E-state index in [0.717, 1.165) is 24.2 Å². The molecule has 2 heterocycles. The van der Waals surface area contributed by atoms with Gasteiger partial charge in [0.1, 0.15) is 5.75 Å². The summed E-state index contributed by atoms with van der Waals surface area (Å²) in [6, 6.07) is 8.29. The van der Waals surface area contributed by atoms with Gasteiger partial charge in [-0.1, -0.05) is 12.1 Å². The van der Waals surface area contributed by atoms with Crippen LogP contribution in [-0.4, -0.2) is 23.6 Å². The molecule has 0 saturated carbocycles. The van der Waals surface area contributed by atoms with Crippen LogP contribution in [0.2, 0.25) is 0 Å². The van der Waals surface area contributed by atoms with Crippen molar-refractivity contribution < 1.29 is 19.4 Å². The third-order valence-corrected chi connectivity index (χ3v) is 4.94. The number of nitrogens with one attached hydrogen (secondary N) is 1. The Bertz CT molecular complexity index is 727. The minimum atomic E-state index is -1.06. The van der Waals surface area contributed by atoms with Crippen molar-refractivity contribution in [2.45, 2.75) is 31.7 Å². The predicted octanol–water partition coefficient (Wildman–Crippen LogP) is 2.95. The van der Waals surface area contributed by atoms with E-state index in [1.807, 2.05) is 23.6 Å². The van der Waals surface area contributed by atoms with E-state index >= 15 is 0 Å². The highest BCUT2D eigenvalue weighted by atomic mass is 32.1. The van der Waals surface area contributed by atoms with E-state index < -0.39 is 12.0 Å². The third-order valence-electron chi connectivity index (χ3n) is 4.01. The average Bonchev–Trinajstić information content (AvgIpc) is 3.22. The zero-order valence-electron chi connectivity index (χ0n) is 13.2. The summed E-state index contributed by atoms with van der Waals surface area (Å²) in [6.45, 7) is 0.617. The van der Waals surface area contributed by atoms with Crippen LogP contribution < -0.4 is 10.1 Å². The molecule has 0 bridgehead atoms. The first kappa shape index (κ1) is 16.5. The Morgan fingerprint density at radius 1 is 1.33 bits per heavy atom. The van der Waals surface area contributed by atoms with Crippen molar-refractivity contribution in [3.8, 4) is 5.75 Å². The number of hydrogen-bond donors (Lipinski definition) is 2. The number of thiophene rings is 1. The van der Waals surface area contributed by atoms with Gasteiger partial charge in [-0.05, 0) is 47.5 Å². The molecular formula is C18H19NO4S. The normalized spacial score (nSPS) is 13.8. The number of carboxylic acids is 1. The lowest BCUT2D eigenvalue weighted by Gasteiger charge is -2.15. The molecule has 2 aromatic rings. The molecule has 24 heavy (non-hydrogen) atoms. The second-order valence-corrected chi connectivity index (χ2v) is 6.77. The topological polar surface area (TPSA) is 75.6 Å². The van der Waals surface area contributed by atoms with E-state index in [2.05, 4.69) is 5.32 Å². The number of benzene rings is 1. The summed E-state index contributed by atoms with van der Waals surface area (Å²) in [6.07, 6.45) is 2.62. The Labute approximate surface area is 144 Å². The zero-order chi connectivity index (χ0) is 16.9. The molecule has 6 heteroatoms. The fourth-order valence-electron chi connectivity index (χ4n) is 2.78. The summed E-state index contributed by atoms with van der Waals surface area (Å²) in [7, 11) is 0. The van der Waals surface area contributed by atoms with Crippen LogP contribution in [-0.2, 0) is 22.4 Å². The second-order valence-electron chi connectivity index (χ2n) is 5.74. The van der Waals surface area contributed by atoms with Crippen molar-refractivity contribution in [2.24, 2.45) is 0 Å². The van der Waals surface area contributed by atoms with Gasteiger partial charge in [-0.3, -0.25) is 4.79 Å². The first-order valence-electron chi connectivity index (χ1n) is 7.93. The summed E-state index contributed by atoms with van der Waals surface area (Å²) >= 11 is 1.66. The summed E-state index contributed by atoms with van der Waals surface area (Å²) in [5, 5.41) is 14.1. The predicted molar refractivity (Wildman–Crippen MR) is 91.4 cm³/mol. The van der Waals surface area contributed by atoms with Crippen LogP contribution >= 0.6 is 11.3 Å². The lowest BCUT2D eigenvalue weighted by Crippen LogP contribution is -2.33. The van der Waals surface area contributed by atoms with E-state index in [9.17, 15) is 14.7 Å². The molecular weight excluding hydrogens is 326 g/mol. The Morgan fingerprint density at radius 2 is 2.21 bits per heavy atom. The molecule has 0 radical (unpaired) electrons. The highest BCUT2D eigenvalue weighted by Gasteiger charge is 2.24. The van der Waals surface area contributed by atoms with Gasteiger partial charge >= 0.3 is 5.97 Å². The summed E-state index contributed by atoms with van der Waals surface area (Å²) in [4.78, 5) is 24.9. The summed E-state index contributed by atoms with van der Waals surface area (Å²) in [5.74, 6) is -0.499. The Balaban J connectivity index is 1.59. The number of rotatable bonds is 7. The number of amides is 1. The second kappa shape index (κ2) is 7.49. The van der Waals surface area contributed by atoms with Crippen LogP contribution in [0.15, 0.2) is 35.7 Å². The van der Waals surface area contributed by atoms with Crippen molar-refractivity contribution >= 4 is 23.2 Å². The standard InChI is InChI=1S/C18H19NO4S/c20-16(5-1-3-14-4-2-10-24-14)19-17(18(21)22)13-6-7-15-12(11-13)8-9-23-15/h2,4,6-7,10-11,17H,1,3,5,8-9H2,(H,19,20)(H,21,22). The SMILES string of the molecule is O=C(CCCc1cccs1)NC(C(=O)O)c1ccc2c(c1)CCO2. The number of carbonyl (C=O) groups excluding carboxylic acids is 1. The van der Waals surface area contributed by atoms with E-state index in [1.54, 1.807) is 23.5 Å². The maximum absolute atomic E-state index is 12.1. The highest BCUT2D eigenvalue weighted by molar-refractivity contribution is 7.09. The Morgan fingerprint density at radius 3 is 2.96 bits per heavy atom. The first-order valence-corrected chi connectivity index (χ1v) is 8.81. The van der Waals surface area contributed by atoms with E-state index in [0.29, 0.717) is 25.0 Å². The number of carbonyl (C=O) groups is 2. The molecule has 0 saturated heterocycles. The van der Waals surface area contributed by atoms with E-state index in [4.69, 9.17) is 4.74 Å². The number of aryl methyl sites for hydroxylation is 1. The number of carboxylic acid groups (broad SMARTS) is 1. The molecule has 1 aromatic carbocycles. The summed E-state index contributed by atoms with van der Waals surface area (Å²) in [5.41, 5.74) is 1.57. The molecule has 1 unspecified atom stereocenters. The van der Waals surface area contributed by atoms with Gasteiger partial charge in [-0.2, -0.15) is 0 Å². The molecule has 126 valence electrons. The molecule has 0 fully saturated rings. The lowest BCUT2D eigenvalue weighted by molar-refractivity contribution is -0.142. The molecule has 1 atom stereocenters. The van der Waals surface area contributed by atoms with Crippen molar-refractivity contribution in [2.75, 3.05) is 6.61 Å². The van der Waals surface area contributed by atoms with Gasteiger partial charge in [0.05, 0.1) is 6.61 Å². The van der Waals surface area contributed by atoms with Crippen molar-refractivity contribution in [1.82, 2.24) is 5.32 Å². The molecule has 2 N–H and O–H groups in total. The third kappa shape index (κ3) is 3.94. The average molecular weight is 345 g/mol. The molecule has 3 rings (SSSR count). The minimum Gasteiger partial charge on any atom is -0.493 e. The van der Waals surface area contributed by atoms with Gasteiger partial charge in [0.2, 0.25) is 5.91 Å². The van der Waals surface area contributed by atoms with E-state index in [1.165, 1.54) is 4.88 Å².